The summed E-state index contributed by atoms with van der Waals surface area (Å²) in [6.45, 7) is 4.85. The smallest absolute Gasteiger partial charge is 0.184 e. The first-order valence-corrected chi connectivity index (χ1v) is 7.87. The molecule has 0 saturated heterocycles. The third-order valence-electron chi connectivity index (χ3n) is 3.02. The SMILES string of the molecule is CC(C)Oc1ccc2nc(NCc3ccccc3)sc2c1. The predicted octanol–water partition coefficient (Wildman–Crippen LogP) is 4.70. The molecule has 0 radical (unpaired) electrons. The van der Waals surface area contributed by atoms with Crippen LogP contribution in [0.3, 0.4) is 0 Å². The lowest BCUT2D eigenvalue weighted by Gasteiger charge is -2.08. The number of hydrogen-bond donors (Lipinski definition) is 1. The summed E-state index contributed by atoms with van der Waals surface area (Å²) in [5.74, 6) is 0.899. The summed E-state index contributed by atoms with van der Waals surface area (Å²) in [5.41, 5.74) is 2.26. The molecule has 3 rings (SSSR count). The van der Waals surface area contributed by atoms with Crippen LogP contribution in [0.4, 0.5) is 5.13 Å². The molecule has 1 aromatic heterocycles. The van der Waals surface area contributed by atoms with Crippen LogP contribution in [0.5, 0.6) is 5.75 Å². The molecule has 4 heteroatoms. The fourth-order valence-corrected chi connectivity index (χ4v) is 2.99. The molecular formula is C17H18N2OS. The van der Waals surface area contributed by atoms with Crippen molar-refractivity contribution < 1.29 is 4.74 Å². The highest BCUT2D eigenvalue weighted by atomic mass is 32.1. The van der Waals surface area contributed by atoms with Gasteiger partial charge in [0.1, 0.15) is 5.75 Å². The molecule has 0 aliphatic carbocycles. The topological polar surface area (TPSA) is 34.1 Å². The van der Waals surface area contributed by atoms with E-state index in [1.54, 1.807) is 11.3 Å². The van der Waals surface area contributed by atoms with Crippen LogP contribution in [0.1, 0.15) is 19.4 Å². The van der Waals surface area contributed by atoms with E-state index in [0.29, 0.717) is 0 Å². The second-order valence-electron chi connectivity index (χ2n) is 5.15. The molecule has 1 heterocycles. The Bertz CT molecular complexity index is 722. The van der Waals surface area contributed by atoms with Gasteiger partial charge in [0.25, 0.3) is 0 Å². The number of ether oxygens (including phenoxy) is 1. The lowest BCUT2D eigenvalue weighted by molar-refractivity contribution is 0.243. The van der Waals surface area contributed by atoms with Crippen molar-refractivity contribution in [1.82, 2.24) is 4.98 Å². The van der Waals surface area contributed by atoms with E-state index in [-0.39, 0.29) is 6.10 Å². The van der Waals surface area contributed by atoms with Gasteiger partial charge >= 0.3 is 0 Å². The van der Waals surface area contributed by atoms with Crippen LogP contribution in [0.2, 0.25) is 0 Å². The van der Waals surface area contributed by atoms with Crippen molar-refractivity contribution in [3.05, 3.63) is 54.1 Å². The predicted molar refractivity (Wildman–Crippen MR) is 89.2 cm³/mol. The van der Waals surface area contributed by atoms with Gasteiger partial charge in [0.05, 0.1) is 16.3 Å². The van der Waals surface area contributed by atoms with E-state index in [9.17, 15) is 0 Å². The van der Waals surface area contributed by atoms with Gasteiger partial charge in [-0.15, -0.1) is 0 Å². The zero-order valence-corrected chi connectivity index (χ0v) is 13.0. The number of benzene rings is 2. The average Bonchev–Trinajstić information content (AvgIpc) is 2.88. The van der Waals surface area contributed by atoms with Gasteiger partial charge in [0.15, 0.2) is 5.13 Å². The Balaban J connectivity index is 1.74. The van der Waals surface area contributed by atoms with Gasteiger partial charge in [-0.05, 0) is 37.6 Å². The number of thiazole rings is 1. The molecule has 21 heavy (non-hydrogen) atoms. The first kappa shape index (κ1) is 13.9. The van der Waals surface area contributed by atoms with Crippen molar-refractivity contribution in [2.24, 2.45) is 0 Å². The van der Waals surface area contributed by atoms with Gasteiger partial charge in [-0.3, -0.25) is 0 Å². The van der Waals surface area contributed by atoms with Gasteiger partial charge in [-0.1, -0.05) is 41.7 Å². The molecular weight excluding hydrogens is 280 g/mol. The quantitative estimate of drug-likeness (QED) is 0.741. The van der Waals surface area contributed by atoms with E-state index in [2.05, 4.69) is 28.5 Å². The van der Waals surface area contributed by atoms with E-state index in [1.807, 2.05) is 44.2 Å². The Morgan fingerprint density at radius 2 is 1.95 bits per heavy atom. The number of nitrogens with one attached hydrogen (secondary N) is 1. The van der Waals surface area contributed by atoms with Crippen LogP contribution in [-0.2, 0) is 6.54 Å². The molecule has 0 aliphatic heterocycles. The van der Waals surface area contributed by atoms with Crippen LogP contribution >= 0.6 is 11.3 Å². The number of aromatic nitrogens is 1. The molecule has 3 nitrogen and oxygen atoms in total. The molecule has 1 N–H and O–H groups in total. The summed E-state index contributed by atoms with van der Waals surface area (Å²) in [4.78, 5) is 4.60. The van der Waals surface area contributed by atoms with Crippen LogP contribution in [-0.4, -0.2) is 11.1 Å². The van der Waals surface area contributed by atoms with Crippen molar-refractivity contribution in [3.63, 3.8) is 0 Å². The number of anilines is 1. The number of hydrogen-bond acceptors (Lipinski definition) is 4. The maximum Gasteiger partial charge on any atom is 0.184 e. The normalized spacial score (nSPS) is 11.0. The summed E-state index contributed by atoms with van der Waals surface area (Å²) in [7, 11) is 0. The number of rotatable bonds is 5. The maximum atomic E-state index is 5.72. The minimum absolute atomic E-state index is 0.186. The second-order valence-corrected chi connectivity index (χ2v) is 6.18. The zero-order chi connectivity index (χ0) is 14.7. The first-order chi connectivity index (χ1) is 10.2. The van der Waals surface area contributed by atoms with Crippen molar-refractivity contribution in [1.29, 1.82) is 0 Å². The molecule has 0 spiro atoms. The van der Waals surface area contributed by atoms with Gasteiger partial charge in [0, 0.05) is 6.54 Å². The standard InChI is InChI=1S/C17H18N2OS/c1-12(2)20-14-8-9-15-16(10-14)21-17(19-15)18-11-13-6-4-3-5-7-13/h3-10,12H,11H2,1-2H3,(H,18,19). The highest BCUT2D eigenvalue weighted by Crippen LogP contribution is 2.29. The monoisotopic (exact) mass is 298 g/mol. The van der Waals surface area contributed by atoms with Crippen LogP contribution in [0.15, 0.2) is 48.5 Å². The lowest BCUT2D eigenvalue weighted by atomic mass is 10.2. The zero-order valence-electron chi connectivity index (χ0n) is 12.2. The molecule has 0 amide bonds. The fourth-order valence-electron chi connectivity index (χ4n) is 2.10. The van der Waals surface area contributed by atoms with E-state index in [1.165, 1.54) is 5.56 Å². The molecule has 0 bridgehead atoms. The molecule has 0 atom stereocenters. The van der Waals surface area contributed by atoms with Crippen molar-refractivity contribution in [3.8, 4) is 5.75 Å². The first-order valence-electron chi connectivity index (χ1n) is 7.06. The van der Waals surface area contributed by atoms with Crippen LogP contribution in [0.25, 0.3) is 10.2 Å². The molecule has 0 fully saturated rings. The number of fused-ring (bicyclic) bond motifs is 1. The minimum Gasteiger partial charge on any atom is -0.491 e. The average molecular weight is 298 g/mol. The molecule has 3 aromatic rings. The summed E-state index contributed by atoms with van der Waals surface area (Å²) in [6, 6.07) is 16.4. The summed E-state index contributed by atoms with van der Waals surface area (Å²) in [5, 5.41) is 4.32. The Morgan fingerprint density at radius 1 is 1.14 bits per heavy atom. The summed E-state index contributed by atoms with van der Waals surface area (Å²) >= 11 is 1.66. The van der Waals surface area contributed by atoms with E-state index in [4.69, 9.17) is 4.74 Å². The Hall–Kier alpha value is -2.07. The molecule has 0 saturated carbocycles. The second kappa shape index (κ2) is 6.14. The van der Waals surface area contributed by atoms with Crippen LogP contribution < -0.4 is 10.1 Å². The van der Waals surface area contributed by atoms with Gasteiger partial charge in [0.2, 0.25) is 0 Å². The van der Waals surface area contributed by atoms with Gasteiger partial charge in [-0.25, -0.2) is 4.98 Å². The van der Waals surface area contributed by atoms with Crippen molar-refractivity contribution in [2.75, 3.05) is 5.32 Å². The van der Waals surface area contributed by atoms with Gasteiger partial charge in [-0.2, -0.15) is 0 Å². The van der Waals surface area contributed by atoms with Crippen molar-refractivity contribution in [2.45, 2.75) is 26.5 Å². The fraction of sp³-hybridized carbons (Fsp3) is 0.235. The number of nitrogens with zero attached hydrogens (tertiary/aromatic N) is 1. The molecule has 2 aromatic carbocycles. The summed E-state index contributed by atoms with van der Waals surface area (Å²) in [6.07, 6.45) is 0.186. The maximum absolute atomic E-state index is 5.72. The summed E-state index contributed by atoms with van der Waals surface area (Å²) < 4.78 is 6.86. The van der Waals surface area contributed by atoms with Gasteiger partial charge < -0.3 is 10.1 Å². The van der Waals surface area contributed by atoms with E-state index in [0.717, 1.165) is 27.6 Å². The van der Waals surface area contributed by atoms with Crippen LogP contribution in [0, 0.1) is 0 Å². The Kier molecular flexibility index (Phi) is 4.06. The molecule has 0 unspecified atom stereocenters. The highest BCUT2D eigenvalue weighted by Gasteiger charge is 2.06. The van der Waals surface area contributed by atoms with E-state index >= 15 is 0 Å². The Morgan fingerprint density at radius 3 is 2.71 bits per heavy atom. The van der Waals surface area contributed by atoms with E-state index < -0.39 is 0 Å². The highest BCUT2D eigenvalue weighted by molar-refractivity contribution is 7.22. The Labute approximate surface area is 128 Å². The third-order valence-corrected chi connectivity index (χ3v) is 3.99. The third kappa shape index (κ3) is 3.52. The molecule has 108 valence electrons. The minimum atomic E-state index is 0.186. The largest absolute Gasteiger partial charge is 0.491 e. The molecule has 0 aliphatic rings. The lowest BCUT2D eigenvalue weighted by Crippen LogP contribution is -2.04. The van der Waals surface area contributed by atoms with Crippen molar-refractivity contribution >= 4 is 26.7 Å².